The number of carbonyl (C=O) groups is 3. The van der Waals surface area contributed by atoms with E-state index in [-0.39, 0.29) is 36.6 Å². The van der Waals surface area contributed by atoms with Gasteiger partial charge in [0.1, 0.15) is 6.42 Å². The number of hydrogen-bond acceptors (Lipinski definition) is 5. The predicted molar refractivity (Wildman–Crippen MR) is 95.2 cm³/mol. The van der Waals surface area contributed by atoms with Crippen LogP contribution in [0.1, 0.15) is 49.9 Å². The summed E-state index contributed by atoms with van der Waals surface area (Å²) in [5.74, 6) is -1.19. The standard InChI is InChI=1S/C19H23N3O4/c1-13-4-3-5-14(2)22(13)18(24)12-26-19(25)15-6-8-16(9-7-15)21-17(23)10-11-20/h6-9,13-14H,3-5,10,12H2,1-2H3,(H,21,23)/t13-,14-/m0/s1. The lowest BCUT2D eigenvalue weighted by Crippen LogP contribution is -2.49. The van der Waals surface area contributed by atoms with Gasteiger partial charge in [0.25, 0.3) is 5.91 Å². The highest BCUT2D eigenvalue weighted by Gasteiger charge is 2.29. The monoisotopic (exact) mass is 357 g/mol. The molecule has 1 aliphatic heterocycles. The van der Waals surface area contributed by atoms with Gasteiger partial charge in [-0.1, -0.05) is 0 Å². The molecule has 1 fully saturated rings. The maximum atomic E-state index is 12.4. The molecule has 0 spiro atoms. The van der Waals surface area contributed by atoms with E-state index >= 15 is 0 Å². The first-order valence-corrected chi connectivity index (χ1v) is 8.67. The van der Waals surface area contributed by atoms with Gasteiger partial charge in [-0.15, -0.1) is 0 Å². The summed E-state index contributed by atoms with van der Waals surface area (Å²) in [5.41, 5.74) is 0.768. The number of esters is 1. The molecule has 1 N–H and O–H groups in total. The fourth-order valence-electron chi connectivity index (χ4n) is 3.16. The number of nitrogens with one attached hydrogen (secondary N) is 1. The molecule has 0 aliphatic carbocycles. The van der Waals surface area contributed by atoms with E-state index in [1.807, 2.05) is 13.8 Å². The van der Waals surface area contributed by atoms with Crippen molar-refractivity contribution in [3.63, 3.8) is 0 Å². The third kappa shape index (κ3) is 5.06. The number of hydrogen-bond donors (Lipinski definition) is 1. The second-order valence-corrected chi connectivity index (χ2v) is 6.47. The lowest BCUT2D eigenvalue weighted by atomic mass is 9.97. The maximum Gasteiger partial charge on any atom is 0.338 e. The van der Waals surface area contributed by atoms with Crippen LogP contribution in [-0.4, -0.2) is 41.4 Å². The molecule has 7 heteroatoms. The number of amides is 2. The minimum Gasteiger partial charge on any atom is -0.452 e. The zero-order valence-corrected chi connectivity index (χ0v) is 15.0. The third-order valence-corrected chi connectivity index (χ3v) is 4.45. The number of piperidine rings is 1. The highest BCUT2D eigenvalue weighted by molar-refractivity contribution is 5.94. The Bertz CT molecular complexity index is 698. The number of rotatable bonds is 5. The first-order chi connectivity index (χ1) is 12.4. The molecule has 1 aliphatic rings. The summed E-state index contributed by atoms with van der Waals surface area (Å²) in [6, 6.07) is 8.15. The molecule has 138 valence electrons. The zero-order chi connectivity index (χ0) is 19.1. The smallest absolute Gasteiger partial charge is 0.338 e. The van der Waals surface area contributed by atoms with Crippen molar-refractivity contribution >= 4 is 23.5 Å². The van der Waals surface area contributed by atoms with Crippen molar-refractivity contribution in [3.05, 3.63) is 29.8 Å². The molecule has 7 nitrogen and oxygen atoms in total. The van der Waals surface area contributed by atoms with Gasteiger partial charge in [-0.2, -0.15) is 5.26 Å². The summed E-state index contributed by atoms with van der Waals surface area (Å²) in [4.78, 5) is 37.6. The summed E-state index contributed by atoms with van der Waals surface area (Å²) in [6.07, 6.45) is 2.79. The Morgan fingerprint density at radius 2 is 1.81 bits per heavy atom. The minimum atomic E-state index is -0.592. The average Bonchev–Trinajstić information content (AvgIpc) is 2.60. The van der Waals surface area contributed by atoms with Gasteiger partial charge in [0.15, 0.2) is 6.61 Å². The molecule has 0 radical (unpaired) electrons. The Kier molecular flexibility index (Phi) is 6.73. The van der Waals surface area contributed by atoms with Crippen molar-refractivity contribution in [2.24, 2.45) is 0 Å². The van der Waals surface area contributed by atoms with Crippen LogP contribution < -0.4 is 5.32 Å². The van der Waals surface area contributed by atoms with Gasteiger partial charge in [-0.05, 0) is 57.4 Å². The molecular weight excluding hydrogens is 334 g/mol. The van der Waals surface area contributed by atoms with Gasteiger partial charge in [-0.3, -0.25) is 9.59 Å². The van der Waals surface area contributed by atoms with Gasteiger partial charge >= 0.3 is 5.97 Å². The summed E-state index contributed by atoms with van der Waals surface area (Å²) in [6.45, 7) is 3.73. The van der Waals surface area contributed by atoms with Crippen molar-refractivity contribution in [1.29, 1.82) is 5.26 Å². The highest BCUT2D eigenvalue weighted by atomic mass is 16.5. The number of benzene rings is 1. The maximum absolute atomic E-state index is 12.4. The average molecular weight is 357 g/mol. The highest BCUT2D eigenvalue weighted by Crippen LogP contribution is 2.22. The van der Waals surface area contributed by atoms with E-state index in [0.717, 1.165) is 19.3 Å². The zero-order valence-electron chi connectivity index (χ0n) is 15.0. The molecule has 1 heterocycles. The van der Waals surface area contributed by atoms with Crippen molar-refractivity contribution in [1.82, 2.24) is 4.90 Å². The summed E-state index contributed by atoms with van der Waals surface area (Å²) >= 11 is 0. The van der Waals surface area contributed by atoms with Gasteiger partial charge in [-0.25, -0.2) is 4.79 Å². The topological polar surface area (TPSA) is 99.5 Å². The Labute approximate surface area is 152 Å². The van der Waals surface area contributed by atoms with Crippen LogP contribution in [0.5, 0.6) is 0 Å². The van der Waals surface area contributed by atoms with Crippen LogP contribution in [-0.2, 0) is 14.3 Å². The molecular formula is C19H23N3O4. The van der Waals surface area contributed by atoms with Crippen LogP contribution in [0.2, 0.25) is 0 Å². The summed E-state index contributed by atoms with van der Waals surface area (Å²) in [5, 5.41) is 11.0. The van der Waals surface area contributed by atoms with Crippen molar-refractivity contribution in [2.45, 2.75) is 51.6 Å². The number of likely N-dealkylation sites (tertiary alicyclic amines) is 1. The Balaban J connectivity index is 1.88. The molecule has 2 rings (SSSR count). The first kappa shape index (κ1) is 19.4. The van der Waals surface area contributed by atoms with Gasteiger partial charge < -0.3 is 15.0 Å². The summed E-state index contributed by atoms with van der Waals surface area (Å²) < 4.78 is 5.14. The second kappa shape index (κ2) is 8.99. The number of carbonyl (C=O) groups excluding carboxylic acids is 3. The van der Waals surface area contributed by atoms with E-state index < -0.39 is 11.9 Å². The largest absolute Gasteiger partial charge is 0.452 e. The predicted octanol–water partition coefficient (Wildman–Crippen LogP) is 2.49. The van der Waals surface area contributed by atoms with Gasteiger partial charge in [0.2, 0.25) is 5.91 Å². The summed E-state index contributed by atoms with van der Waals surface area (Å²) in [7, 11) is 0. The first-order valence-electron chi connectivity index (χ1n) is 8.67. The second-order valence-electron chi connectivity index (χ2n) is 6.47. The lowest BCUT2D eigenvalue weighted by molar-refractivity contribution is -0.140. The lowest BCUT2D eigenvalue weighted by Gasteiger charge is -2.38. The fourth-order valence-corrected chi connectivity index (χ4v) is 3.16. The molecule has 0 saturated carbocycles. The van der Waals surface area contributed by atoms with Crippen LogP contribution in [0, 0.1) is 11.3 Å². The van der Waals surface area contributed by atoms with Crippen molar-refractivity contribution in [3.8, 4) is 6.07 Å². The van der Waals surface area contributed by atoms with E-state index in [0.29, 0.717) is 5.69 Å². The molecule has 0 aromatic heterocycles. The number of anilines is 1. The quantitative estimate of drug-likeness (QED) is 0.816. The molecule has 1 aromatic carbocycles. The van der Waals surface area contributed by atoms with E-state index in [4.69, 9.17) is 10.00 Å². The Morgan fingerprint density at radius 3 is 2.38 bits per heavy atom. The number of nitriles is 1. The van der Waals surface area contributed by atoms with Gasteiger partial charge in [0.05, 0.1) is 11.6 Å². The molecule has 0 unspecified atom stereocenters. The molecule has 26 heavy (non-hydrogen) atoms. The normalized spacial score (nSPS) is 19.3. The Morgan fingerprint density at radius 1 is 1.19 bits per heavy atom. The van der Waals surface area contributed by atoms with E-state index in [1.54, 1.807) is 23.1 Å². The van der Waals surface area contributed by atoms with E-state index in [9.17, 15) is 14.4 Å². The van der Waals surface area contributed by atoms with Crippen molar-refractivity contribution < 1.29 is 19.1 Å². The minimum absolute atomic E-state index is 0.154. The SMILES string of the molecule is C[C@H]1CCC[C@H](C)N1C(=O)COC(=O)c1ccc(NC(=O)CC#N)cc1. The van der Waals surface area contributed by atoms with Crippen LogP contribution in [0.4, 0.5) is 5.69 Å². The van der Waals surface area contributed by atoms with Crippen LogP contribution in [0.3, 0.4) is 0 Å². The fraction of sp³-hybridized carbons (Fsp3) is 0.474. The number of ether oxygens (including phenoxy) is 1. The van der Waals surface area contributed by atoms with Crippen LogP contribution >= 0.6 is 0 Å². The van der Waals surface area contributed by atoms with Gasteiger partial charge in [0, 0.05) is 17.8 Å². The Hall–Kier alpha value is -2.88. The third-order valence-electron chi connectivity index (χ3n) is 4.45. The molecule has 2 amide bonds. The van der Waals surface area contributed by atoms with Crippen LogP contribution in [0.15, 0.2) is 24.3 Å². The molecule has 1 saturated heterocycles. The molecule has 0 bridgehead atoms. The molecule has 1 aromatic rings. The van der Waals surface area contributed by atoms with E-state index in [1.165, 1.54) is 12.1 Å². The van der Waals surface area contributed by atoms with E-state index in [2.05, 4.69) is 5.32 Å². The van der Waals surface area contributed by atoms with Crippen molar-refractivity contribution in [2.75, 3.05) is 11.9 Å². The van der Waals surface area contributed by atoms with Crippen LogP contribution in [0.25, 0.3) is 0 Å². The molecule has 2 atom stereocenters. The number of nitrogens with zero attached hydrogens (tertiary/aromatic N) is 2.